The van der Waals surface area contributed by atoms with Gasteiger partial charge in [-0.25, -0.2) is 9.97 Å². The summed E-state index contributed by atoms with van der Waals surface area (Å²) in [7, 11) is 0. The molecular weight excluding hydrogens is 322 g/mol. The number of benzene rings is 2. The van der Waals surface area contributed by atoms with Crippen LogP contribution in [-0.2, 0) is 6.54 Å². The molecule has 0 unspecified atom stereocenters. The van der Waals surface area contributed by atoms with Crippen molar-refractivity contribution in [1.29, 1.82) is 0 Å². The molecule has 0 spiro atoms. The Morgan fingerprint density at radius 3 is 2.54 bits per heavy atom. The molecule has 2 aromatic carbocycles. The molecule has 0 bridgehead atoms. The van der Waals surface area contributed by atoms with E-state index in [0.29, 0.717) is 6.54 Å². The number of nitrogens with zero attached hydrogens (tertiary/aromatic N) is 3. The van der Waals surface area contributed by atoms with E-state index in [-0.39, 0.29) is 0 Å². The van der Waals surface area contributed by atoms with Crippen molar-refractivity contribution < 1.29 is 0 Å². The summed E-state index contributed by atoms with van der Waals surface area (Å²) in [6, 6.07) is 20.4. The molecule has 0 amide bonds. The molecule has 26 heavy (non-hydrogen) atoms. The molecule has 0 saturated carbocycles. The Labute approximate surface area is 152 Å². The minimum Gasteiger partial charge on any atom is -0.366 e. The highest BCUT2D eigenvalue weighted by Crippen LogP contribution is 2.24. The van der Waals surface area contributed by atoms with Crippen molar-refractivity contribution in [2.24, 2.45) is 0 Å². The van der Waals surface area contributed by atoms with Crippen LogP contribution in [0.2, 0.25) is 0 Å². The summed E-state index contributed by atoms with van der Waals surface area (Å²) in [6.45, 7) is 2.80. The standard InChI is InChI=1S/C21H19N5/c1-15-7-9-16(10-8-15)13-23-19-12-20(25-14-24-19)26-18-6-2-4-17-5-3-11-22-21(17)18/h2-12,14H,13H2,1H3,(H2,23,24,25,26). The molecule has 4 aromatic rings. The van der Waals surface area contributed by atoms with Gasteiger partial charge in [0.1, 0.15) is 18.0 Å². The average Bonchev–Trinajstić information content (AvgIpc) is 2.68. The zero-order valence-electron chi connectivity index (χ0n) is 14.5. The summed E-state index contributed by atoms with van der Waals surface area (Å²) in [5.74, 6) is 1.50. The molecule has 0 aliphatic rings. The first kappa shape index (κ1) is 16.0. The number of aromatic nitrogens is 3. The van der Waals surface area contributed by atoms with Gasteiger partial charge in [-0.05, 0) is 24.6 Å². The van der Waals surface area contributed by atoms with Gasteiger partial charge < -0.3 is 10.6 Å². The lowest BCUT2D eigenvalue weighted by atomic mass is 10.1. The summed E-state index contributed by atoms with van der Waals surface area (Å²) < 4.78 is 0. The van der Waals surface area contributed by atoms with Gasteiger partial charge in [-0.15, -0.1) is 0 Å². The van der Waals surface area contributed by atoms with E-state index in [0.717, 1.165) is 28.2 Å². The third-order valence-electron chi connectivity index (χ3n) is 4.16. The van der Waals surface area contributed by atoms with Crippen LogP contribution >= 0.6 is 0 Å². The van der Waals surface area contributed by atoms with E-state index in [9.17, 15) is 0 Å². The second-order valence-electron chi connectivity index (χ2n) is 6.13. The van der Waals surface area contributed by atoms with Gasteiger partial charge in [0.05, 0.1) is 11.2 Å². The Balaban J connectivity index is 1.51. The Bertz CT molecular complexity index is 1020. The zero-order chi connectivity index (χ0) is 17.8. The summed E-state index contributed by atoms with van der Waals surface area (Å²) in [5, 5.41) is 7.76. The van der Waals surface area contributed by atoms with Crippen molar-refractivity contribution in [2.45, 2.75) is 13.5 Å². The van der Waals surface area contributed by atoms with Gasteiger partial charge in [0, 0.05) is 24.2 Å². The fourth-order valence-electron chi connectivity index (χ4n) is 2.76. The number of hydrogen-bond acceptors (Lipinski definition) is 5. The smallest absolute Gasteiger partial charge is 0.135 e. The average molecular weight is 341 g/mol. The predicted octanol–water partition coefficient (Wildman–Crippen LogP) is 4.69. The van der Waals surface area contributed by atoms with Crippen LogP contribution in [-0.4, -0.2) is 15.0 Å². The number of pyridine rings is 1. The molecule has 2 aromatic heterocycles. The molecule has 0 aliphatic heterocycles. The highest BCUT2D eigenvalue weighted by molar-refractivity contribution is 5.91. The maximum atomic E-state index is 4.46. The predicted molar refractivity (Wildman–Crippen MR) is 106 cm³/mol. The van der Waals surface area contributed by atoms with Gasteiger partial charge in [-0.1, -0.05) is 48.0 Å². The minimum atomic E-state index is 0.715. The second kappa shape index (κ2) is 7.19. The van der Waals surface area contributed by atoms with Crippen molar-refractivity contribution in [3.63, 3.8) is 0 Å². The van der Waals surface area contributed by atoms with Crippen molar-refractivity contribution in [3.8, 4) is 0 Å². The molecule has 2 N–H and O–H groups in total. The highest BCUT2D eigenvalue weighted by atomic mass is 15.1. The molecule has 128 valence electrons. The molecule has 0 radical (unpaired) electrons. The monoisotopic (exact) mass is 341 g/mol. The van der Waals surface area contributed by atoms with Crippen LogP contribution in [0, 0.1) is 6.92 Å². The van der Waals surface area contributed by atoms with Crippen LogP contribution in [0.3, 0.4) is 0 Å². The second-order valence-corrected chi connectivity index (χ2v) is 6.13. The lowest BCUT2D eigenvalue weighted by molar-refractivity contribution is 1.08. The van der Waals surface area contributed by atoms with Crippen LogP contribution in [0.4, 0.5) is 17.3 Å². The Morgan fingerprint density at radius 2 is 1.65 bits per heavy atom. The molecule has 0 atom stereocenters. The molecule has 5 heteroatoms. The Hall–Kier alpha value is -3.47. The Morgan fingerprint density at radius 1 is 0.846 bits per heavy atom. The number of rotatable bonds is 5. The van der Waals surface area contributed by atoms with Crippen molar-refractivity contribution in [1.82, 2.24) is 15.0 Å². The normalized spacial score (nSPS) is 10.7. The first-order chi connectivity index (χ1) is 12.8. The lowest BCUT2D eigenvalue weighted by Crippen LogP contribution is -2.03. The quantitative estimate of drug-likeness (QED) is 0.551. The van der Waals surface area contributed by atoms with Crippen molar-refractivity contribution >= 4 is 28.2 Å². The summed E-state index contributed by atoms with van der Waals surface area (Å²) in [5.41, 5.74) is 4.31. The van der Waals surface area contributed by atoms with E-state index in [4.69, 9.17) is 0 Å². The van der Waals surface area contributed by atoms with Gasteiger partial charge >= 0.3 is 0 Å². The SMILES string of the molecule is Cc1ccc(CNc2cc(Nc3cccc4cccnc34)ncn2)cc1. The molecule has 4 rings (SSSR count). The first-order valence-corrected chi connectivity index (χ1v) is 8.50. The fraction of sp³-hybridized carbons (Fsp3) is 0.0952. The number of para-hydroxylation sites is 1. The van der Waals surface area contributed by atoms with Gasteiger partial charge in [0.15, 0.2) is 0 Å². The number of fused-ring (bicyclic) bond motifs is 1. The van der Waals surface area contributed by atoms with Gasteiger partial charge in [-0.3, -0.25) is 4.98 Å². The number of aryl methyl sites for hydroxylation is 1. The molecule has 0 fully saturated rings. The van der Waals surface area contributed by atoms with Crippen molar-refractivity contribution in [2.75, 3.05) is 10.6 Å². The van der Waals surface area contributed by atoms with Crippen LogP contribution in [0.5, 0.6) is 0 Å². The van der Waals surface area contributed by atoms with E-state index < -0.39 is 0 Å². The summed E-state index contributed by atoms with van der Waals surface area (Å²) in [4.78, 5) is 13.1. The maximum Gasteiger partial charge on any atom is 0.135 e. The molecule has 5 nitrogen and oxygen atoms in total. The molecule has 0 saturated heterocycles. The van der Waals surface area contributed by atoms with Gasteiger partial charge in [0.25, 0.3) is 0 Å². The first-order valence-electron chi connectivity index (χ1n) is 8.50. The largest absolute Gasteiger partial charge is 0.366 e. The number of anilines is 3. The zero-order valence-corrected chi connectivity index (χ0v) is 14.5. The Kier molecular flexibility index (Phi) is 4.43. The number of nitrogens with one attached hydrogen (secondary N) is 2. The number of hydrogen-bond donors (Lipinski definition) is 2. The maximum absolute atomic E-state index is 4.46. The van der Waals surface area contributed by atoms with E-state index in [1.165, 1.54) is 11.1 Å². The topological polar surface area (TPSA) is 62.7 Å². The molecule has 2 heterocycles. The summed E-state index contributed by atoms with van der Waals surface area (Å²) in [6.07, 6.45) is 3.35. The lowest BCUT2D eigenvalue weighted by Gasteiger charge is -2.10. The third-order valence-corrected chi connectivity index (χ3v) is 4.16. The highest BCUT2D eigenvalue weighted by Gasteiger charge is 2.04. The van der Waals surface area contributed by atoms with Crippen LogP contribution in [0.1, 0.15) is 11.1 Å². The third kappa shape index (κ3) is 3.62. The summed E-state index contributed by atoms with van der Waals surface area (Å²) >= 11 is 0. The molecular formula is C21H19N5. The van der Waals surface area contributed by atoms with E-state index >= 15 is 0 Å². The van der Waals surface area contributed by atoms with Crippen molar-refractivity contribution in [3.05, 3.63) is 84.3 Å². The van der Waals surface area contributed by atoms with E-state index in [1.807, 2.05) is 36.4 Å². The van der Waals surface area contributed by atoms with Gasteiger partial charge in [-0.2, -0.15) is 0 Å². The van der Waals surface area contributed by atoms with E-state index in [2.05, 4.69) is 56.8 Å². The van der Waals surface area contributed by atoms with Gasteiger partial charge in [0.2, 0.25) is 0 Å². The van der Waals surface area contributed by atoms with E-state index in [1.54, 1.807) is 12.5 Å². The van der Waals surface area contributed by atoms with Crippen LogP contribution in [0.15, 0.2) is 73.2 Å². The minimum absolute atomic E-state index is 0.715. The fourth-order valence-corrected chi connectivity index (χ4v) is 2.76. The molecule has 0 aliphatic carbocycles. The van der Waals surface area contributed by atoms with Crippen LogP contribution in [0.25, 0.3) is 10.9 Å². The van der Waals surface area contributed by atoms with Crippen LogP contribution < -0.4 is 10.6 Å².